The van der Waals surface area contributed by atoms with E-state index in [0.717, 1.165) is 18.7 Å². The van der Waals surface area contributed by atoms with E-state index in [0.29, 0.717) is 0 Å². The zero-order valence-electron chi connectivity index (χ0n) is 13.4. The van der Waals surface area contributed by atoms with E-state index < -0.39 is 6.10 Å². The third-order valence-corrected chi connectivity index (χ3v) is 2.64. The van der Waals surface area contributed by atoms with Gasteiger partial charge in [0.1, 0.15) is 0 Å². The third-order valence-electron chi connectivity index (χ3n) is 2.64. The van der Waals surface area contributed by atoms with E-state index >= 15 is 0 Å². The van der Waals surface area contributed by atoms with Crippen LogP contribution in [0.15, 0.2) is 30.3 Å². The number of aliphatic hydroxyl groups excluding tert-OH is 1. The molecule has 1 rings (SSSR count). The Bertz CT molecular complexity index is 299. The van der Waals surface area contributed by atoms with E-state index in [1.165, 1.54) is 0 Å². The molecule has 5 heteroatoms. The van der Waals surface area contributed by atoms with Crippen LogP contribution >= 0.6 is 0 Å². The van der Waals surface area contributed by atoms with Gasteiger partial charge in [-0.2, -0.15) is 6.92 Å². The van der Waals surface area contributed by atoms with Crippen LogP contribution in [0.5, 0.6) is 0 Å². The average molecular weight is 322 g/mol. The molecule has 3 nitrogen and oxygen atoms in total. The number of aliphatic hydroxyl groups is 1. The Morgan fingerprint density at radius 1 is 1.20 bits per heavy atom. The predicted molar refractivity (Wildman–Crippen MR) is 84.2 cm³/mol. The van der Waals surface area contributed by atoms with Gasteiger partial charge < -0.3 is 22.2 Å². The van der Waals surface area contributed by atoms with E-state index in [-0.39, 0.29) is 42.0 Å². The summed E-state index contributed by atoms with van der Waals surface area (Å²) >= 11 is 0. The first kappa shape index (κ1) is 25.2. The fraction of sp³-hybridized carbons (Fsp3) is 0.533. The Hall–Kier alpha value is 0.217. The van der Waals surface area contributed by atoms with Crippen molar-refractivity contribution < 1.29 is 22.2 Å². The molecule has 0 bridgehead atoms. The van der Waals surface area contributed by atoms with Crippen molar-refractivity contribution in [2.45, 2.75) is 26.0 Å². The molecule has 0 aromatic heterocycles. The molecule has 115 valence electrons. The van der Waals surface area contributed by atoms with Crippen LogP contribution in [0.4, 0.5) is 0 Å². The fourth-order valence-corrected chi connectivity index (χ4v) is 1.57. The predicted octanol–water partition coefficient (Wildman–Crippen LogP) is 1.72. The molecular formula is C15H27CuLiN2O. The summed E-state index contributed by atoms with van der Waals surface area (Å²) in [5, 5.41) is 13.4. The maximum absolute atomic E-state index is 10.1. The third kappa shape index (κ3) is 10.9. The molecule has 0 fully saturated rings. The van der Waals surface area contributed by atoms with Crippen molar-refractivity contribution >= 4 is 18.9 Å². The van der Waals surface area contributed by atoms with Crippen molar-refractivity contribution in [2.75, 3.05) is 27.2 Å². The zero-order chi connectivity index (χ0) is 14.0. The van der Waals surface area contributed by atoms with Crippen LogP contribution in [0.25, 0.3) is 0 Å². The standard InChI is InChI=1S/C13H22N2O.C2H5.Cu.Li/c1-11(14-9-10-15(2)3)13(16)12-7-5-4-6-8-12;1-2;;/h4-8,11,13-14,16H,9-10H2,1-3H3;1H2,2H3;;/q;-1;+1;/t11-,13?;;;/m0.../s1. The second-order valence-corrected chi connectivity index (χ2v) is 4.40. The van der Waals surface area contributed by atoms with Crippen LogP contribution in [0.3, 0.4) is 0 Å². The van der Waals surface area contributed by atoms with Gasteiger partial charge in [0.15, 0.2) is 0 Å². The summed E-state index contributed by atoms with van der Waals surface area (Å²) in [7, 11) is 4.08. The molecule has 0 aliphatic rings. The largest absolute Gasteiger partial charge is 1.00 e. The molecule has 20 heavy (non-hydrogen) atoms. The molecule has 0 aliphatic carbocycles. The molecule has 0 amide bonds. The van der Waals surface area contributed by atoms with Gasteiger partial charge in [-0.3, -0.25) is 0 Å². The first-order chi connectivity index (χ1) is 8.61. The van der Waals surface area contributed by atoms with Gasteiger partial charge in [0, 0.05) is 38.0 Å². The normalized spacial score (nSPS) is 12.3. The van der Waals surface area contributed by atoms with Gasteiger partial charge in [-0.15, -0.1) is 0 Å². The van der Waals surface area contributed by atoms with Crippen LogP contribution in [-0.4, -0.2) is 62.1 Å². The maximum Gasteiger partial charge on any atom is 1.00 e. The van der Waals surface area contributed by atoms with Gasteiger partial charge in [-0.25, -0.2) is 0 Å². The van der Waals surface area contributed by atoms with Crippen molar-refractivity contribution in [1.29, 1.82) is 0 Å². The second-order valence-electron chi connectivity index (χ2n) is 4.40. The number of hydrogen-bond acceptors (Lipinski definition) is 3. The van der Waals surface area contributed by atoms with Gasteiger partial charge in [-0.1, -0.05) is 30.3 Å². The van der Waals surface area contributed by atoms with Crippen LogP contribution in [0.2, 0.25) is 0 Å². The number of likely N-dealkylation sites (N-methyl/N-ethyl adjacent to an activating group) is 1. The molecule has 0 heterocycles. The van der Waals surface area contributed by atoms with Crippen molar-refractivity contribution in [3.05, 3.63) is 42.8 Å². The Morgan fingerprint density at radius 3 is 2.15 bits per heavy atom. The van der Waals surface area contributed by atoms with Crippen LogP contribution in [-0.2, 0) is 17.1 Å². The zero-order valence-corrected chi connectivity index (χ0v) is 14.3. The minimum atomic E-state index is -0.441. The van der Waals surface area contributed by atoms with E-state index in [9.17, 15) is 5.11 Å². The number of nitrogens with zero attached hydrogens (tertiary/aromatic N) is 1. The monoisotopic (exact) mass is 321 g/mol. The van der Waals surface area contributed by atoms with Crippen molar-refractivity contribution in [1.82, 2.24) is 10.2 Å². The Kier molecular flexibility index (Phi) is 19.6. The summed E-state index contributed by atoms with van der Waals surface area (Å²) in [6.45, 7) is 8.87. The topological polar surface area (TPSA) is 35.5 Å². The van der Waals surface area contributed by atoms with E-state index in [2.05, 4.69) is 17.1 Å². The summed E-state index contributed by atoms with van der Waals surface area (Å²) in [6.07, 6.45) is -0.441. The quantitative estimate of drug-likeness (QED) is 0.618. The molecule has 1 unspecified atom stereocenters. The second kappa shape index (κ2) is 15.6. The van der Waals surface area contributed by atoms with Crippen LogP contribution in [0, 0.1) is 6.92 Å². The van der Waals surface area contributed by atoms with Crippen molar-refractivity contribution in [2.24, 2.45) is 0 Å². The minimum Gasteiger partial charge on any atom is -0.387 e. The van der Waals surface area contributed by atoms with Gasteiger partial charge in [-0.05, 0) is 26.6 Å². The minimum absolute atomic E-state index is 0. The van der Waals surface area contributed by atoms with Gasteiger partial charge >= 0.3 is 17.1 Å². The Morgan fingerprint density at radius 2 is 1.70 bits per heavy atom. The first-order valence-corrected chi connectivity index (χ1v) is 6.43. The fourth-order valence-electron chi connectivity index (χ4n) is 1.57. The molecule has 1 aromatic carbocycles. The Balaban J connectivity index is -0.000000689. The molecule has 1 radical (unpaired) electrons. The summed E-state index contributed by atoms with van der Waals surface area (Å²) in [5.41, 5.74) is 0.965. The van der Waals surface area contributed by atoms with Gasteiger partial charge in [0.25, 0.3) is 0 Å². The summed E-state index contributed by atoms with van der Waals surface area (Å²) < 4.78 is 0. The molecule has 2 N–H and O–H groups in total. The molecule has 0 saturated heterocycles. The molecule has 2 atom stereocenters. The SMILES string of the molecule is C[C@H](NCCN(C)C)C(O)c1ccccc1.[CH2-]C.[Cu+].[Li]. The molecule has 0 aliphatic heterocycles. The summed E-state index contributed by atoms with van der Waals surface area (Å²) in [5.74, 6) is 0. The van der Waals surface area contributed by atoms with Gasteiger partial charge in [0.05, 0.1) is 6.10 Å². The van der Waals surface area contributed by atoms with Crippen LogP contribution < -0.4 is 5.32 Å². The Labute approximate surface area is 147 Å². The number of benzene rings is 1. The smallest absolute Gasteiger partial charge is 0.387 e. The van der Waals surface area contributed by atoms with Gasteiger partial charge in [0.2, 0.25) is 0 Å². The molecular weight excluding hydrogens is 295 g/mol. The number of hydrogen-bond donors (Lipinski definition) is 2. The average Bonchev–Trinajstić information content (AvgIpc) is 2.40. The van der Waals surface area contributed by atoms with Crippen LogP contribution in [0.1, 0.15) is 25.5 Å². The maximum atomic E-state index is 10.1. The van der Waals surface area contributed by atoms with E-state index in [4.69, 9.17) is 0 Å². The summed E-state index contributed by atoms with van der Waals surface area (Å²) in [4.78, 5) is 2.12. The van der Waals surface area contributed by atoms with Crippen molar-refractivity contribution in [3.8, 4) is 0 Å². The number of rotatable bonds is 6. The van der Waals surface area contributed by atoms with Crippen molar-refractivity contribution in [3.63, 3.8) is 0 Å². The first-order valence-electron chi connectivity index (χ1n) is 6.43. The summed E-state index contributed by atoms with van der Waals surface area (Å²) in [6, 6.07) is 9.84. The molecule has 1 aromatic rings. The molecule has 0 spiro atoms. The number of nitrogens with one attached hydrogen (secondary N) is 1. The van der Waals surface area contributed by atoms with E-state index in [1.54, 1.807) is 6.92 Å². The molecule has 0 saturated carbocycles. The van der Waals surface area contributed by atoms with E-state index in [1.807, 2.05) is 51.4 Å².